The Morgan fingerprint density at radius 3 is 0.688 bits per heavy atom. The Labute approximate surface area is 396 Å². The molecule has 380 valence electrons. The largest absolute Gasteiger partial charge is 0.440 e. The van der Waals surface area contributed by atoms with Gasteiger partial charge in [0.25, 0.3) is 0 Å². The number of carbonyl (C=O) groups excluding carboxylic acids is 3. The lowest BCUT2D eigenvalue weighted by molar-refractivity contribution is -0.398. The van der Waals surface area contributed by atoms with E-state index < -0.39 is 30.2 Å². The van der Waals surface area contributed by atoms with E-state index in [0.29, 0.717) is 19.3 Å². The normalized spacial score (nSPS) is 12.1. The Balaban J connectivity index is 4.56. The molecule has 0 aromatic carbocycles. The summed E-state index contributed by atoms with van der Waals surface area (Å²) in [4.78, 5) is 38.4. The van der Waals surface area contributed by atoms with Gasteiger partial charge in [-0.05, 0) is 19.3 Å². The third-order valence-electron chi connectivity index (χ3n) is 13.0. The van der Waals surface area contributed by atoms with Crippen LogP contribution in [0.5, 0.6) is 0 Å². The number of unbranched alkanes of at least 4 members (excludes halogenated alkanes) is 42. The van der Waals surface area contributed by atoms with Gasteiger partial charge in [0.2, 0.25) is 0 Å². The van der Waals surface area contributed by atoms with Gasteiger partial charge in [-0.2, -0.15) is 0 Å². The Kier molecular flexibility index (Phi) is 48.0. The molecule has 0 aromatic heterocycles. The molecule has 0 saturated heterocycles. The number of aliphatic hydroxyl groups excluding tert-OH is 1. The topological polar surface area (TPSA) is 119 Å². The summed E-state index contributed by atoms with van der Waals surface area (Å²) < 4.78 is 15.5. The maximum Gasteiger partial charge on any atom is 0.440 e. The van der Waals surface area contributed by atoms with Crippen LogP contribution in [0.3, 0.4) is 0 Å². The molecular formula is C56H108O8. The fourth-order valence-electron chi connectivity index (χ4n) is 8.73. The Morgan fingerprint density at radius 2 is 0.484 bits per heavy atom. The van der Waals surface area contributed by atoms with Crippen molar-refractivity contribution in [3.63, 3.8) is 0 Å². The summed E-state index contributed by atoms with van der Waals surface area (Å²) >= 11 is 0. The highest BCUT2D eigenvalue weighted by molar-refractivity contribution is 5.72. The lowest BCUT2D eigenvalue weighted by Gasteiger charge is -2.30. The molecule has 0 fully saturated rings. The van der Waals surface area contributed by atoms with E-state index in [0.717, 1.165) is 57.8 Å². The molecular weight excluding hydrogens is 801 g/mol. The zero-order chi connectivity index (χ0) is 46.9. The third-order valence-corrected chi connectivity index (χ3v) is 13.0. The molecule has 2 N–H and O–H groups in total. The second kappa shape index (κ2) is 49.2. The molecule has 0 aliphatic heterocycles. The summed E-state index contributed by atoms with van der Waals surface area (Å²) in [5.74, 6) is -5.45. The van der Waals surface area contributed by atoms with E-state index in [2.05, 4.69) is 20.8 Å². The predicted octanol–water partition coefficient (Wildman–Crippen LogP) is 17.4. The number of hydrogen-bond donors (Lipinski definition) is 2. The van der Waals surface area contributed by atoms with Gasteiger partial charge in [-0.15, -0.1) is 0 Å². The smallest absolute Gasteiger partial charge is 0.424 e. The van der Waals surface area contributed by atoms with Crippen LogP contribution in [0.4, 0.5) is 0 Å². The standard InChI is InChI=1S/C56H108O8/c1-4-7-10-13-16-19-22-25-28-31-34-37-40-43-46-49-52(57)62-55(60)56(61,63-53(58)50-47-44-41-38-35-32-29-26-23-20-17-14-11-8-5-2)64-54(59)51-48-45-42-39-36-33-30-27-24-21-18-15-12-9-6-3/h55,60-61H,4-51H2,1-3H3. The van der Waals surface area contributed by atoms with Crippen LogP contribution in [0.15, 0.2) is 0 Å². The number of ether oxygens (including phenoxy) is 3. The van der Waals surface area contributed by atoms with Gasteiger partial charge in [0.15, 0.2) is 0 Å². The predicted molar refractivity (Wildman–Crippen MR) is 268 cm³/mol. The molecule has 8 nitrogen and oxygen atoms in total. The van der Waals surface area contributed by atoms with Crippen molar-refractivity contribution < 1.29 is 38.8 Å². The van der Waals surface area contributed by atoms with E-state index in [1.807, 2.05) is 0 Å². The number of esters is 3. The van der Waals surface area contributed by atoms with E-state index in [1.54, 1.807) is 0 Å². The van der Waals surface area contributed by atoms with Gasteiger partial charge >= 0.3 is 30.2 Å². The van der Waals surface area contributed by atoms with Crippen LogP contribution in [0.25, 0.3) is 0 Å². The van der Waals surface area contributed by atoms with E-state index in [9.17, 15) is 24.6 Å². The van der Waals surface area contributed by atoms with Crippen molar-refractivity contribution in [3.8, 4) is 0 Å². The molecule has 8 heteroatoms. The molecule has 0 aliphatic rings. The van der Waals surface area contributed by atoms with Crippen molar-refractivity contribution in [2.24, 2.45) is 0 Å². The summed E-state index contributed by atoms with van der Waals surface area (Å²) in [6.07, 6.45) is 51.8. The van der Waals surface area contributed by atoms with E-state index in [4.69, 9.17) is 14.2 Å². The quantitative estimate of drug-likeness (QED) is 0.0352. The van der Waals surface area contributed by atoms with E-state index >= 15 is 0 Å². The second-order valence-corrected chi connectivity index (χ2v) is 19.5. The SMILES string of the molecule is CCCCCCCCCCCCCCCCCC(=O)OC(O)C(O)(OC(=O)CCCCCCCCCCCCCCCCC)OC(=O)CCCCCCCCCCCCCCCCC. The maximum absolute atomic E-state index is 12.9. The highest BCUT2D eigenvalue weighted by atomic mass is 16.9. The van der Waals surface area contributed by atoms with E-state index in [-0.39, 0.29) is 19.3 Å². The number of aliphatic hydroxyl groups is 2. The molecule has 1 unspecified atom stereocenters. The Hall–Kier alpha value is -1.67. The Morgan fingerprint density at radius 1 is 0.312 bits per heavy atom. The summed E-state index contributed by atoms with van der Waals surface area (Å²) in [5.41, 5.74) is 0. The summed E-state index contributed by atoms with van der Waals surface area (Å²) in [7, 11) is 0. The number of hydrogen-bond acceptors (Lipinski definition) is 8. The van der Waals surface area contributed by atoms with Crippen molar-refractivity contribution in [2.75, 3.05) is 0 Å². The van der Waals surface area contributed by atoms with E-state index in [1.165, 1.54) is 212 Å². The Bertz CT molecular complexity index is 953. The molecule has 0 saturated carbocycles. The molecule has 64 heavy (non-hydrogen) atoms. The van der Waals surface area contributed by atoms with Crippen molar-refractivity contribution in [3.05, 3.63) is 0 Å². The monoisotopic (exact) mass is 909 g/mol. The van der Waals surface area contributed by atoms with Crippen LogP contribution in [-0.2, 0) is 28.6 Å². The second-order valence-electron chi connectivity index (χ2n) is 19.5. The zero-order valence-corrected chi connectivity index (χ0v) is 42.9. The van der Waals surface area contributed by atoms with Gasteiger partial charge in [-0.25, -0.2) is 0 Å². The van der Waals surface area contributed by atoms with Crippen LogP contribution < -0.4 is 0 Å². The molecule has 0 amide bonds. The van der Waals surface area contributed by atoms with Gasteiger partial charge < -0.3 is 24.4 Å². The molecule has 0 heterocycles. The first kappa shape index (κ1) is 62.3. The minimum Gasteiger partial charge on any atom is -0.424 e. The number of rotatable bonds is 52. The first-order valence-electron chi connectivity index (χ1n) is 28.3. The summed E-state index contributed by atoms with van der Waals surface area (Å²) in [6, 6.07) is 0. The minimum atomic E-state index is -3.09. The molecule has 0 aromatic rings. The number of carbonyl (C=O) groups is 3. The minimum absolute atomic E-state index is 0.00302. The van der Waals surface area contributed by atoms with Crippen molar-refractivity contribution in [2.45, 2.75) is 341 Å². The first-order chi connectivity index (χ1) is 31.3. The van der Waals surface area contributed by atoms with Gasteiger partial charge in [-0.1, -0.05) is 290 Å². The highest BCUT2D eigenvalue weighted by Gasteiger charge is 2.47. The molecule has 0 radical (unpaired) electrons. The van der Waals surface area contributed by atoms with Crippen LogP contribution in [0.1, 0.15) is 329 Å². The maximum atomic E-state index is 12.9. The van der Waals surface area contributed by atoms with Gasteiger partial charge in [0.05, 0.1) is 0 Å². The summed E-state index contributed by atoms with van der Waals surface area (Å²) in [5, 5.41) is 22.0. The van der Waals surface area contributed by atoms with Crippen LogP contribution in [0, 0.1) is 0 Å². The molecule has 0 aliphatic carbocycles. The molecule has 1 atom stereocenters. The molecule has 0 rings (SSSR count). The summed E-state index contributed by atoms with van der Waals surface area (Å²) in [6.45, 7) is 6.77. The van der Waals surface area contributed by atoms with Crippen LogP contribution >= 0.6 is 0 Å². The third kappa shape index (κ3) is 44.2. The van der Waals surface area contributed by atoms with Gasteiger partial charge in [0, 0.05) is 19.3 Å². The lowest BCUT2D eigenvalue weighted by Crippen LogP contribution is -2.52. The van der Waals surface area contributed by atoms with Crippen molar-refractivity contribution in [1.29, 1.82) is 0 Å². The fourth-order valence-corrected chi connectivity index (χ4v) is 8.73. The van der Waals surface area contributed by atoms with Gasteiger partial charge in [0.1, 0.15) is 0 Å². The molecule has 0 bridgehead atoms. The van der Waals surface area contributed by atoms with Crippen LogP contribution in [0.2, 0.25) is 0 Å². The zero-order valence-electron chi connectivity index (χ0n) is 42.9. The average molecular weight is 909 g/mol. The van der Waals surface area contributed by atoms with Crippen LogP contribution in [-0.4, -0.2) is 40.4 Å². The first-order valence-corrected chi connectivity index (χ1v) is 28.3. The molecule has 0 spiro atoms. The van der Waals surface area contributed by atoms with Crippen molar-refractivity contribution >= 4 is 17.9 Å². The average Bonchev–Trinajstić information content (AvgIpc) is 3.27. The highest BCUT2D eigenvalue weighted by Crippen LogP contribution is 2.23. The lowest BCUT2D eigenvalue weighted by atomic mass is 10.0. The fraction of sp³-hybridized carbons (Fsp3) is 0.946. The van der Waals surface area contributed by atoms with Crippen molar-refractivity contribution in [1.82, 2.24) is 0 Å². The van der Waals surface area contributed by atoms with Gasteiger partial charge in [-0.3, -0.25) is 14.4 Å².